The number of amides is 1. The Morgan fingerprint density at radius 3 is 2.64 bits per heavy atom. The Hall–Kier alpha value is -2.95. The maximum atomic E-state index is 11.5. The van der Waals surface area contributed by atoms with E-state index in [0.29, 0.717) is 24.2 Å². The number of nitrogens with one attached hydrogen (secondary N) is 1. The zero-order chi connectivity index (χ0) is 15.6. The SMILES string of the molecule is O=Cc1cccc(C=CCNC(=O)OCc2ccccc2)n1. The monoisotopic (exact) mass is 296 g/mol. The van der Waals surface area contributed by atoms with Gasteiger partial charge in [-0.05, 0) is 23.8 Å². The predicted octanol–water partition coefficient (Wildman–Crippen LogP) is 2.83. The van der Waals surface area contributed by atoms with Crippen LogP contribution < -0.4 is 5.32 Å². The zero-order valence-corrected chi connectivity index (χ0v) is 11.9. The second kappa shape index (κ2) is 8.36. The Kier molecular flexibility index (Phi) is 5.87. The largest absolute Gasteiger partial charge is 0.445 e. The van der Waals surface area contributed by atoms with Crippen molar-refractivity contribution in [2.75, 3.05) is 6.54 Å². The first-order chi connectivity index (χ1) is 10.8. The van der Waals surface area contributed by atoms with E-state index in [1.165, 1.54) is 0 Å². The molecule has 5 nitrogen and oxygen atoms in total. The van der Waals surface area contributed by atoms with Gasteiger partial charge in [-0.25, -0.2) is 9.78 Å². The van der Waals surface area contributed by atoms with Gasteiger partial charge in [0, 0.05) is 6.54 Å². The molecule has 0 saturated carbocycles. The number of aromatic nitrogens is 1. The molecule has 0 aliphatic heterocycles. The number of alkyl carbamates (subject to hydrolysis) is 1. The molecule has 2 rings (SSSR count). The Labute approximate surface area is 128 Å². The Morgan fingerprint density at radius 1 is 1.09 bits per heavy atom. The molecule has 2 aromatic rings. The molecule has 1 aromatic carbocycles. The number of carbonyl (C=O) groups is 2. The van der Waals surface area contributed by atoms with Gasteiger partial charge in [-0.1, -0.05) is 42.5 Å². The van der Waals surface area contributed by atoms with Crippen LogP contribution in [0.15, 0.2) is 54.6 Å². The van der Waals surface area contributed by atoms with Crippen LogP contribution >= 0.6 is 0 Å². The summed E-state index contributed by atoms with van der Waals surface area (Å²) < 4.78 is 5.07. The van der Waals surface area contributed by atoms with Gasteiger partial charge in [0.2, 0.25) is 0 Å². The van der Waals surface area contributed by atoms with E-state index in [0.717, 1.165) is 5.56 Å². The number of benzene rings is 1. The van der Waals surface area contributed by atoms with E-state index in [1.807, 2.05) is 30.3 Å². The fraction of sp³-hybridized carbons (Fsp3) is 0.118. The Balaban J connectivity index is 1.72. The minimum absolute atomic E-state index is 0.235. The van der Waals surface area contributed by atoms with Crippen molar-refractivity contribution in [2.24, 2.45) is 0 Å². The van der Waals surface area contributed by atoms with Crippen LogP contribution in [0.2, 0.25) is 0 Å². The highest BCUT2D eigenvalue weighted by molar-refractivity contribution is 5.72. The fourth-order valence-electron chi connectivity index (χ4n) is 1.72. The van der Waals surface area contributed by atoms with Crippen molar-refractivity contribution in [2.45, 2.75) is 6.61 Å². The van der Waals surface area contributed by atoms with E-state index in [-0.39, 0.29) is 6.61 Å². The average Bonchev–Trinajstić information content (AvgIpc) is 2.58. The standard InChI is InChI=1S/C17H16N2O3/c20-12-16-9-4-8-15(19-16)10-5-11-18-17(21)22-13-14-6-2-1-3-7-14/h1-10,12H,11,13H2,(H,18,21). The zero-order valence-electron chi connectivity index (χ0n) is 11.9. The summed E-state index contributed by atoms with van der Waals surface area (Å²) in [6, 6.07) is 14.6. The summed E-state index contributed by atoms with van der Waals surface area (Å²) in [7, 11) is 0. The first-order valence-corrected chi connectivity index (χ1v) is 6.81. The van der Waals surface area contributed by atoms with Gasteiger partial charge in [0.05, 0.1) is 5.69 Å². The number of aldehydes is 1. The number of ether oxygens (including phenoxy) is 1. The van der Waals surface area contributed by atoms with Crippen molar-refractivity contribution in [3.05, 3.63) is 71.6 Å². The lowest BCUT2D eigenvalue weighted by atomic mass is 10.2. The molecule has 112 valence electrons. The molecule has 0 aliphatic rings. The molecular formula is C17H16N2O3. The van der Waals surface area contributed by atoms with Crippen LogP contribution in [0.5, 0.6) is 0 Å². The molecule has 1 N–H and O–H groups in total. The van der Waals surface area contributed by atoms with Gasteiger partial charge in [0.15, 0.2) is 6.29 Å². The normalized spacial score (nSPS) is 10.4. The molecule has 0 unspecified atom stereocenters. The molecule has 0 aliphatic carbocycles. The lowest BCUT2D eigenvalue weighted by Gasteiger charge is -2.05. The first kappa shape index (κ1) is 15.4. The van der Waals surface area contributed by atoms with Crippen molar-refractivity contribution in [1.29, 1.82) is 0 Å². The third-order valence-electron chi connectivity index (χ3n) is 2.78. The molecule has 0 fully saturated rings. The third-order valence-corrected chi connectivity index (χ3v) is 2.78. The molecule has 0 atom stereocenters. The summed E-state index contributed by atoms with van der Waals surface area (Å²) in [6.45, 7) is 0.555. The highest BCUT2D eigenvalue weighted by Gasteiger charge is 2.00. The summed E-state index contributed by atoms with van der Waals surface area (Å²) in [5.41, 5.74) is 1.96. The minimum Gasteiger partial charge on any atom is -0.445 e. The van der Waals surface area contributed by atoms with Crippen molar-refractivity contribution >= 4 is 18.5 Å². The van der Waals surface area contributed by atoms with Crippen LogP contribution in [0.25, 0.3) is 6.08 Å². The van der Waals surface area contributed by atoms with Gasteiger partial charge in [0.25, 0.3) is 0 Å². The predicted molar refractivity (Wildman–Crippen MR) is 83.3 cm³/mol. The maximum Gasteiger partial charge on any atom is 0.407 e. The van der Waals surface area contributed by atoms with E-state index in [4.69, 9.17) is 4.74 Å². The number of rotatable bonds is 6. The molecular weight excluding hydrogens is 280 g/mol. The van der Waals surface area contributed by atoms with Crippen LogP contribution in [-0.4, -0.2) is 23.9 Å². The number of hydrogen-bond acceptors (Lipinski definition) is 4. The highest BCUT2D eigenvalue weighted by atomic mass is 16.5. The molecule has 0 radical (unpaired) electrons. The molecule has 0 spiro atoms. The molecule has 1 aromatic heterocycles. The average molecular weight is 296 g/mol. The van der Waals surface area contributed by atoms with E-state index < -0.39 is 6.09 Å². The van der Waals surface area contributed by atoms with Gasteiger partial charge < -0.3 is 10.1 Å². The van der Waals surface area contributed by atoms with Crippen LogP contribution in [0.4, 0.5) is 4.79 Å². The number of hydrogen-bond donors (Lipinski definition) is 1. The van der Waals surface area contributed by atoms with E-state index >= 15 is 0 Å². The second-order valence-corrected chi connectivity index (χ2v) is 4.45. The molecule has 22 heavy (non-hydrogen) atoms. The van der Waals surface area contributed by atoms with Gasteiger partial charge >= 0.3 is 6.09 Å². The highest BCUT2D eigenvalue weighted by Crippen LogP contribution is 2.01. The Morgan fingerprint density at radius 2 is 1.86 bits per heavy atom. The maximum absolute atomic E-state index is 11.5. The number of nitrogens with zero attached hydrogens (tertiary/aromatic N) is 1. The topological polar surface area (TPSA) is 68.3 Å². The number of pyridine rings is 1. The smallest absolute Gasteiger partial charge is 0.407 e. The molecule has 1 heterocycles. The van der Waals surface area contributed by atoms with Crippen LogP contribution in [0.1, 0.15) is 21.7 Å². The summed E-state index contributed by atoms with van der Waals surface area (Å²) in [6.07, 6.45) is 3.67. The minimum atomic E-state index is -0.483. The van der Waals surface area contributed by atoms with Gasteiger partial charge in [-0.15, -0.1) is 0 Å². The van der Waals surface area contributed by atoms with Gasteiger partial charge in [-0.2, -0.15) is 0 Å². The first-order valence-electron chi connectivity index (χ1n) is 6.81. The summed E-state index contributed by atoms with van der Waals surface area (Å²) >= 11 is 0. The van der Waals surface area contributed by atoms with Gasteiger partial charge in [0.1, 0.15) is 12.3 Å². The van der Waals surface area contributed by atoms with Gasteiger partial charge in [-0.3, -0.25) is 4.79 Å². The third kappa shape index (κ3) is 5.20. The molecule has 0 saturated heterocycles. The van der Waals surface area contributed by atoms with Crippen molar-refractivity contribution in [3.63, 3.8) is 0 Å². The summed E-state index contributed by atoms with van der Waals surface area (Å²) in [4.78, 5) is 26.2. The quantitative estimate of drug-likeness (QED) is 0.832. The number of carbonyl (C=O) groups excluding carboxylic acids is 2. The van der Waals surface area contributed by atoms with Crippen LogP contribution in [0.3, 0.4) is 0 Å². The fourth-order valence-corrected chi connectivity index (χ4v) is 1.72. The summed E-state index contributed by atoms with van der Waals surface area (Å²) in [5, 5.41) is 2.61. The van der Waals surface area contributed by atoms with Crippen molar-refractivity contribution in [1.82, 2.24) is 10.3 Å². The van der Waals surface area contributed by atoms with Crippen molar-refractivity contribution in [3.8, 4) is 0 Å². The molecule has 1 amide bonds. The molecule has 0 bridgehead atoms. The van der Waals surface area contributed by atoms with Crippen molar-refractivity contribution < 1.29 is 14.3 Å². The van der Waals surface area contributed by atoms with E-state index in [2.05, 4.69) is 10.3 Å². The van der Waals surface area contributed by atoms with E-state index in [9.17, 15) is 9.59 Å². The van der Waals surface area contributed by atoms with Crippen LogP contribution in [0, 0.1) is 0 Å². The van der Waals surface area contributed by atoms with Crippen LogP contribution in [-0.2, 0) is 11.3 Å². The lowest BCUT2D eigenvalue weighted by molar-refractivity contribution is 0.111. The molecule has 5 heteroatoms. The summed E-state index contributed by atoms with van der Waals surface area (Å²) in [5.74, 6) is 0. The Bertz CT molecular complexity index is 654. The second-order valence-electron chi connectivity index (χ2n) is 4.45. The lowest BCUT2D eigenvalue weighted by Crippen LogP contribution is -2.24. The van der Waals surface area contributed by atoms with E-state index in [1.54, 1.807) is 30.4 Å².